The third-order valence-corrected chi connectivity index (χ3v) is 2.54. The summed E-state index contributed by atoms with van der Waals surface area (Å²) in [4.78, 5) is 11.8. The van der Waals surface area contributed by atoms with E-state index < -0.39 is 37.1 Å². The summed E-state index contributed by atoms with van der Waals surface area (Å²) < 4.78 is 12.9. The molecular formula is C11H15FN2O4. The van der Waals surface area contributed by atoms with Crippen molar-refractivity contribution in [3.05, 3.63) is 29.6 Å². The molecule has 0 radical (unpaired) electrons. The van der Waals surface area contributed by atoms with Crippen molar-refractivity contribution in [1.29, 1.82) is 0 Å². The summed E-state index contributed by atoms with van der Waals surface area (Å²) in [5.74, 6) is -1.33. The molecule has 18 heavy (non-hydrogen) atoms. The maximum absolute atomic E-state index is 12.9. The van der Waals surface area contributed by atoms with Gasteiger partial charge in [-0.2, -0.15) is 0 Å². The average Bonchev–Trinajstić information content (AvgIpc) is 2.39. The number of nitrogen functional groups attached to an aromatic ring is 1. The largest absolute Gasteiger partial charge is 0.396 e. The van der Waals surface area contributed by atoms with Crippen molar-refractivity contribution in [2.24, 2.45) is 0 Å². The van der Waals surface area contributed by atoms with Gasteiger partial charge in [-0.15, -0.1) is 0 Å². The fraction of sp³-hybridized carbons (Fsp3) is 0.364. The second kappa shape index (κ2) is 5.76. The molecule has 0 fully saturated rings. The van der Waals surface area contributed by atoms with Gasteiger partial charge in [0.25, 0.3) is 5.91 Å². The molecule has 0 heterocycles. The molecule has 7 heteroatoms. The number of nitrogens with two attached hydrogens (primary N) is 1. The number of carbonyl (C=O) groups excluding carboxylic acids is 1. The quantitative estimate of drug-likeness (QED) is 0.428. The summed E-state index contributed by atoms with van der Waals surface area (Å²) >= 11 is 0. The maximum atomic E-state index is 12.9. The first-order valence-electron chi connectivity index (χ1n) is 5.18. The van der Waals surface area contributed by atoms with Gasteiger partial charge in [0.2, 0.25) is 0 Å². The van der Waals surface area contributed by atoms with Crippen molar-refractivity contribution >= 4 is 11.6 Å². The van der Waals surface area contributed by atoms with Gasteiger partial charge in [-0.3, -0.25) is 4.79 Å². The van der Waals surface area contributed by atoms with Crippen molar-refractivity contribution in [3.63, 3.8) is 0 Å². The van der Waals surface area contributed by atoms with Gasteiger partial charge in [0.1, 0.15) is 11.4 Å². The van der Waals surface area contributed by atoms with Crippen LogP contribution in [0, 0.1) is 5.82 Å². The predicted octanol–water partition coefficient (Wildman–Crippen LogP) is -1.15. The van der Waals surface area contributed by atoms with Crippen LogP contribution in [0.5, 0.6) is 0 Å². The Bertz CT molecular complexity index is 427. The van der Waals surface area contributed by atoms with Crippen molar-refractivity contribution < 1.29 is 24.5 Å². The normalized spacial score (nSPS) is 11.3. The molecule has 1 aromatic carbocycles. The molecule has 0 aliphatic carbocycles. The van der Waals surface area contributed by atoms with Crippen LogP contribution >= 0.6 is 0 Å². The second-order valence-corrected chi connectivity index (χ2v) is 3.95. The lowest BCUT2D eigenvalue weighted by Gasteiger charge is -2.28. The molecule has 1 aromatic rings. The Kier molecular flexibility index (Phi) is 4.60. The maximum Gasteiger partial charge on any atom is 0.252 e. The lowest BCUT2D eigenvalue weighted by Crippen LogP contribution is -2.57. The highest BCUT2D eigenvalue weighted by atomic mass is 19.1. The second-order valence-electron chi connectivity index (χ2n) is 3.95. The van der Waals surface area contributed by atoms with E-state index in [2.05, 4.69) is 5.32 Å². The summed E-state index contributed by atoms with van der Waals surface area (Å²) in [5, 5.41) is 29.4. The molecule has 0 atom stereocenters. The first-order valence-corrected chi connectivity index (χ1v) is 5.18. The van der Waals surface area contributed by atoms with Gasteiger partial charge in [0, 0.05) is 5.56 Å². The minimum atomic E-state index is -1.53. The van der Waals surface area contributed by atoms with E-state index in [1.807, 2.05) is 0 Å². The predicted molar refractivity (Wildman–Crippen MR) is 62.3 cm³/mol. The van der Waals surface area contributed by atoms with Gasteiger partial charge in [-0.1, -0.05) is 0 Å². The van der Waals surface area contributed by atoms with Crippen LogP contribution in [0.3, 0.4) is 0 Å². The zero-order valence-corrected chi connectivity index (χ0v) is 9.56. The third-order valence-electron chi connectivity index (χ3n) is 2.54. The van der Waals surface area contributed by atoms with Gasteiger partial charge in [0.15, 0.2) is 0 Å². The molecule has 0 saturated heterocycles. The van der Waals surface area contributed by atoms with Crippen molar-refractivity contribution in [3.8, 4) is 0 Å². The number of hydrogen-bond donors (Lipinski definition) is 5. The van der Waals surface area contributed by atoms with Crippen LogP contribution in [-0.4, -0.2) is 46.6 Å². The lowest BCUT2D eigenvalue weighted by molar-refractivity contribution is 0.0375. The zero-order chi connectivity index (χ0) is 13.8. The average molecular weight is 258 g/mol. The monoisotopic (exact) mass is 258 g/mol. The molecule has 0 aromatic heterocycles. The number of halogens is 1. The third kappa shape index (κ3) is 2.95. The molecule has 0 spiro atoms. The van der Waals surface area contributed by atoms with Crippen LogP contribution in [-0.2, 0) is 0 Å². The number of nitrogens with one attached hydrogen (secondary N) is 1. The Morgan fingerprint density at radius 3 is 2.28 bits per heavy atom. The summed E-state index contributed by atoms with van der Waals surface area (Å²) in [7, 11) is 0. The fourth-order valence-corrected chi connectivity index (χ4v) is 1.27. The highest BCUT2D eigenvalue weighted by Crippen LogP contribution is 2.13. The zero-order valence-electron chi connectivity index (χ0n) is 9.56. The van der Waals surface area contributed by atoms with E-state index in [1.54, 1.807) is 0 Å². The van der Waals surface area contributed by atoms with E-state index in [4.69, 9.17) is 21.1 Å². The first kappa shape index (κ1) is 14.4. The summed E-state index contributed by atoms with van der Waals surface area (Å²) in [6.07, 6.45) is 0. The van der Waals surface area contributed by atoms with E-state index in [9.17, 15) is 9.18 Å². The Morgan fingerprint density at radius 1 is 1.28 bits per heavy atom. The minimum Gasteiger partial charge on any atom is -0.396 e. The molecular weight excluding hydrogens is 243 g/mol. The SMILES string of the molecule is Nc1cc(C(=O)NC(CO)(CO)CO)ccc1F. The molecule has 0 saturated carbocycles. The van der Waals surface area contributed by atoms with Crippen LogP contribution < -0.4 is 11.1 Å². The van der Waals surface area contributed by atoms with Gasteiger partial charge in [0.05, 0.1) is 25.5 Å². The molecule has 0 unspecified atom stereocenters. The molecule has 0 aliphatic heterocycles. The molecule has 1 rings (SSSR count). The molecule has 6 nitrogen and oxygen atoms in total. The fourth-order valence-electron chi connectivity index (χ4n) is 1.27. The van der Waals surface area contributed by atoms with Crippen molar-refractivity contribution in [2.45, 2.75) is 5.54 Å². The number of aliphatic hydroxyl groups excluding tert-OH is 3. The van der Waals surface area contributed by atoms with Crippen molar-refractivity contribution in [2.75, 3.05) is 25.6 Å². The number of benzene rings is 1. The van der Waals surface area contributed by atoms with E-state index >= 15 is 0 Å². The highest BCUT2D eigenvalue weighted by Gasteiger charge is 2.30. The number of hydrogen-bond acceptors (Lipinski definition) is 5. The van der Waals surface area contributed by atoms with Crippen LogP contribution in [0.4, 0.5) is 10.1 Å². The summed E-state index contributed by atoms with van der Waals surface area (Å²) in [5.41, 5.74) is 3.66. The minimum absolute atomic E-state index is 0.0635. The van der Waals surface area contributed by atoms with Crippen LogP contribution in [0.2, 0.25) is 0 Å². The van der Waals surface area contributed by atoms with E-state index in [0.29, 0.717) is 0 Å². The first-order chi connectivity index (χ1) is 8.48. The Labute approximate surface area is 103 Å². The molecule has 0 bridgehead atoms. The molecule has 0 aliphatic rings. The topological polar surface area (TPSA) is 116 Å². The number of carbonyl (C=O) groups is 1. The van der Waals surface area contributed by atoms with Crippen LogP contribution in [0.1, 0.15) is 10.4 Å². The van der Waals surface area contributed by atoms with E-state index in [0.717, 1.165) is 12.1 Å². The van der Waals surface area contributed by atoms with Crippen LogP contribution in [0.15, 0.2) is 18.2 Å². The molecule has 100 valence electrons. The Morgan fingerprint density at radius 2 is 1.83 bits per heavy atom. The lowest BCUT2D eigenvalue weighted by atomic mass is 10.0. The number of amides is 1. The standard InChI is InChI=1S/C11H15FN2O4/c12-8-2-1-7(3-9(8)13)10(18)14-11(4-15,5-16)6-17/h1-3,15-17H,4-6,13H2,(H,14,18). The number of aliphatic hydroxyl groups is 3. The van der Waals surface area contributed by atoms with Gasteiger partial charge < -0.3 is 26.4 Å². The van der Waals surface area contributed by atoms with E-state index in [-0.39, 0.29) is 11.3 Å². The highest BCUT2D eigenvalue weighted by molar-refractivity contribution is 5.95. The Hall–Kier alpha value is -1.70. The smallest absolute Gasteiger partial charge is 0.252 e. The molecule has 6 N–H and O–H groups in total. The van der Waals surface area contributed by atoms with E-state index in [1.165, 1.54) is 6.07 Å². The van der Waals surface area contributed by atoms with Crippen LogP contribution in [0.25, 0.3) is 0 Å². The van der Waals surface area contributed by atoms with Gasteiger partial charge in [-0.25, -0.2) is 4.39 Å². The number of rotatable bonds is 5. The van der Waals surface area contributed by atoms with Gasteiger partial charge in [-0.05, 0) is 18.2 Å². The number of anilines is 1. The molecule has 1 amide bonds. The van der Waals surface area contributed by atoms with Crippen molar-refractivity contribution in [1.82, 2.24) is 5.32 Å². The summed E-state index contributed by atoms with van der Waals surface area (Å²) in [6, 6.07) is 3.36. The summed E-state index contributed by atoms with van der Waals surface area (Å²) in [6.45, 7) is -1.91. The Balaban J connectivity index is 2.90. The van der Waals surface area contributed by atoms with Gasteiger partial charge >= 0.3 is 0 Å².